The van der Waals surface area contributed by atoms with Crippen molar-refractivity contribution in [3.8, 4) is 0 Å². The van der Waals surface area contributed by atoms with Crippen molar-refractivity contribution in [2.45, 2.75) is 38.6 Å². The van der Waals surface area contributed by atoms with Gasteiger partial charge < -0.3 is 4.74 Å². The number of Topliss-reactive ketones (excluding diaryl/α,β-unsaturated/α-hetero) is 1. The molecule has 2 atom stereocenters. The average molecular weight is 327 g/mol. The zero-order valence-electron chi connectivity index (χ0n) is 13.1. The summed E-state index contributed by atoms with van der Waals surface area (Å²) in [6, 6.07) is 5.39. The van der Waals surface area contributed by atoms with E-state index in [-0.39, 0.29) is 11.5 Å². The summed E-state index contributed by atoms with van der Waals surface area (Å²) >= 11 is 0. The maximum atomic E-state index is 12.3. The van der Waals surface area contributed by atoms with Gasteiger partial charge >= 0.3 is 5.97 Å². The number of esters is 1. The maximum absolute atomic E-state index is 12.3. The van der Waals surface area contributed by atoms with Crippen molar-refractivity contribution in [1.82, 2.24) is 4.72 Å². The van der Waals surface area contributed by atoms with Crippen LogP contribution in [0.2, 0.25) is 0 Å². The molecule has 0 aliphatic heterocycles. The van der Waals surface area contributed by atoms with Crippen molar-refractivity contribution in [1.29, 1.82) is 0 Å². The lowest BCUT2D eigenvalue weighted by Crippen LogP contribution is -2.44. The molecule has 6 nitrogen and oxygen atoms in total. The van der Waals surface area contributed by atoms with Crippen LogP contribution < -0.4 is 4.72 Å². The number of nitrogens with one attached hydrogen (secondary N) is 1. The Kier molecular flexibility index (Phi) is 6.25. The molecule has 1 aromatic carbocycles. The molecule has 0 saturated heterocycles. The highest BCUT2D eigenvalue weighted by Gasteiger charge is 2.33. The molecule has 1 aromatic rings. The minimum Gasteiger partial charge on any atom is -0.465 e. The van der Waals surface area contributed by atoms with E-state index in [9.17, 15) is 18.0 Å². The standard InChI is InChI=1S/C15H21NO5S/c1-5-21-15(18)14(12(4)17)11(3)16-22(19,20)13-8-6-10(2)7-9-13/h6-9,11,14,16H,5H2,1-4H3. The normalized spacial score (nSPS) is 14.2. The summed E-state index contributed by atoms with van der Waals surface area (Å²) in [5.74, 6) is -2.34. The van der Waals surface area contributed by atoms with Crippen molar-refractivity contribution < 1.29 is 22.7 Å². The number of aryl methyl sites for hydroxylation is 1. The van der Waals surface area contributed by atoms with E-state index in [4.69, 9.17) is 4.74 Å². The molecule has 1 rings (SSSR count). The largest absolute Gasteiger partial charge is 0.465 e. The van der Waals surface area contributed by atoms with Gasteiger partial charge in [0, 0.05) is 6.04 Å². The first-order valence-corrected chi connectivity index (χ1v) is 8.43. The van der Waals surface area contributed by atoms with Crippen LogP contribution in [0.3, 0.4) is 0 Å². The van der Waals surface area contributed by atoms with Gasteiger partial charge in [-0.2, -0.15) is 0 Å². The zero-order chi connectivity index (χ0) is 16.9. The van der Waals surface area contributed by atoms with Crippen molar-refractivity contribution in [2.24, 2.45) is 5.92 Å². The van der Waals surface area contributed by atoms with Crippen LogP contribution in [0.4, 0.5) is 0 Å². The molecule has 0 amide bonds. The number of ether oxygens (including phenoxy) is 1. The Balaban J connectivity index is 2.97. The van der Waals surface area contributed by atoms with Crippen LogP contribution in [0.25, 0.3) is 0 Å². The van der Waals surface area contributed by atoms with E-state index in [1.54, 1.807) is 19.1 Å². The van der Waals surface area contributed by atoms with Gasteiger partial charge in [-0.05, 0) is 39.8 Å². The molecule has 7 heteroatoms. The molecular weight excluding hydrogens is 306 g/mol. The summed E-state index contributed by atoms with van der Waals surface area (Å²) in [5.41, 5.74) is 0.931. The summed E-state index contributed by atoms with van der Waals surface area (Å²) in [4.78, 5) is 23.5. The predicted molar refractivity (Wildman–Crippen MR) is 81.8 cm³/mol. The summed E-state index contributed by atoms with van der Waals surface area (Å²) in [6.07, 6.45) is 0. The number of benzene rings is 1. The number of ketones is 1. The van der Waals surface area contributed by atoms with Crippen LogP contribution in [0.5, 0.6) is 0 Å². The Hall–Kier alpha value is -1.73. The molecule has 0 radical (unpaired) electrons. The summed E-state index contributed by atoms with van der Waals surface area (Å²) < 4.78 is 31.8. The lowest BCUT2D eigenvalue weighted by atomic mass is 9.98. The third kappa shape index (κ3) is 4.64. The molecular formula is C15H21NO5S. The van der Waals surface area contributed by atoms with Crippen LogP contribution >= 0.6 is 0 Å². The number of carbonyl (C=O) groups excluding carboxylic acids is 2. The molecule has 0 saturated carbocycles. The fourth-order valence-corrected chi connectivity index (χ4v) is 3.31. The van der Waals surface area contributed by atoms with Crippen LogP contribution in [0.1, 0.15) is 26.3 Å². The van der Waals surface area contributed by atoms with E-state index < -0.39 is 33.7 Å². The van der Waals surface area contributed by atoms with Gasteiger partial charge in [0.05, 0.1) is 11.5 Å². The highest BCUT2D eigenvalue weighted by atomic mass is 32.2. The molecule has 0 heterocycles. The lowest BCUT2D eigenvalue weighted by Gasteiger charge is -2.21. The molecule has 0 fully saturated rings. The van der Waals surface area contributed by atoms with Gasteiger partial charge in [-0.25, -0.2) is 13.1 Å². The fourth-order valence-electron chi connectivity index (χ4n) is 2.05. The first-order chi connectivity index (χ1) is 10.2. The zero-order valence-corrected chi connectivity index (χ0v) is 13.9. The smallest absolute Gasteiger partial charge is 0.318 e. The Bertz CT molecular complexity index is 636. The third-order valence-corrected chi connectivity index (χ3v) is 4.73. The van der Waals surface area contributed by atoms with Gasteiger partial charge in [-0.1, -0.05) is 17.7 Å². The Morgan fingerprint density at radius 3 is 2.23 bits per heavy atom. The van der Waals surface area contributed by atoms with Crippen LogP contribution in [-0.2, 0) is 24.3 Å². The summed E-state index contributed by atoms with van der Waals surface area (Å²) in [5, 5.41) is 0. The van der Waals surface area contributed by atoms with Crippen LogP contribution in [-0.4, -0.2) is 32.8 Å². The molecule has 22 heavy (non-hydrogen) atoms. The summed E-state index contributed by atoms with van der Waals surface area (Å²) in [6.45, 7) is 6.29. The molecule has 0 spiro atoms. The minimum absolute atomic E-state index is 0.0797. The SMILES string of the molecule is CCOC(=O)C(C(C)=O)C(C)NS(=O)(=O)c1ccc(C)cc1. The van der Waals surface area contributed by atoms with Gasteiger partial charge in [0.25, 0.3) is 0 Å². The fraction of sp³-hybridized carbons (Fsp3) is 0.467. The van der Waals surface area contributed by atoms with Gasteiger partial charge in [-0.3, -0.25) is 9.59 Å². The Labute approximate surface area is 130 Å². The van der Waals surface area contributed by atoms with E-state index in [0.29, 0.717) is 0 Å². The van der Waals surface area contributed by atoms with E-state index in [2.05, 4.69) is 4.72 Å². The van der Waals surface area contributed by atoms with E-state index in [1.807, 2.05) is 6.92 Å². The van der Waals surface area contributed by atoms with E-state index in [1.165, 1.54) is 26.0 Å². The minimum atomic E-state index is -3.81. The predicted octanol–water partition coefficient (Wildman–Crippen LogP) is 1.43. The number of carbonyl (C=O) groups is 2. The topological polar surface area (TPSA) is 89.5 Å². The number of hydrogen-bond donors (Lipinski definition) is 1. The molecule has 0 bridgehead atoms. The van der Waals surface area contributed by atoms with Gasteiger partial charge in [0.1, 0.15) is 11.7 Å². The molecule has 122 valence electrons. The molecule has 2 unspecified atom stereocenters. The second kappa shape index (κ2) is 7.51. The number of rotatable bonds is 7. The number of hydrogen-bond acceptors (Lipinski definition) is 5. The molecule has 0 aliphatic rings. The highest BCUT2D eigenvalue weighted by molar-refractivity contribution is 7.89. The highest BCUT2D eigenvalue weighted by Crippen LogP contribution is 2.14. The Morgan fingerprint density at radius 1 is 1.23 bits per heavy atom. The Morgan fingerprint density at radius 2 is 1.77 bits per heavy atom. The lowest BCUT2D eigenvalue weighted by molar-refractivity contribution is -0.151. The summed E-state index contributed by atoms with van der Waals surface area (Å²) in [7, 11) is -3.81. The second-order valence-corrected chi connectivity index (χ2v) is 6.78. The second-order valence-electron chi connectivity index (χ2n) is 5.06. The van der Waals surface area contributed by atoms with E-state index >= 15 is 0 Å². The van der Waals surface area contributed by atoms with Gasteiger partial charge in [0.15, 0.2) is 0 Å². The van der Waals surface area contributed by atoms with Crippen molar-refractivity contribution in [2.75, 3.05) is 6.61 Å². The van der Waals surface area contributed by atoms with Crippen molar-refractivity contribution in [3.05, 3.63) is 29.8 Å². The van der Waals surface area contributed by atoms with Crippen molar-refractivity contribution >= 4 is 21.8 Å². The monoisotopic (exact) mass is 327 g/mol. The number of sulfonamides is 1. The van der Waals surface area contributed by atoms with Crippen molar-refractivity contribution in [3.63, 3.8) is 0 Å². The molecule has 1 N–H and O–H groups in total. The first kappa shape index (κ1) is 18.3. The van der Waals surface area contributed by atoms with Gasteiger partial charge in [-0.15, -0.1) is 0 Å². The first-order valence-electron chi connectivity index (χ1n) is 6.95. The van der Waals surface area contributed by atoms with E-state index in [0.717, 1.165) is 5.56 Å². The maximum Gasteiger partial charge on any atom is 0.318 e. The quantitative estimate of drug-likeness (QED) is 0.604. The van der Waals surface area contributed by atoms with Crippen LogP contribution in [0.15, 0.2) is 29.2 Å². The third-order valence-electron chi connectivity index (χ3n) is 3.15. The molecule has 0 aromatic heterocycles. The van der Waals surface area contributed by atoms with Crippen LogP contribution in [0, 0.1) is 12.8 Å². The molecule has 0 aliphatic carbocycles. The average Bonchev–Trinajstić information content (AvgIpc) is 2.38. The van der Waals surface area contributed by atoms with Gasteiger partial charge in [0.2, 0.25) is 10.0 Å².